The number of fused-ring (bicyclic) bond motifs is 1. The zero-order valence-electron chi connectivity index (χ0n) is 17.0. The summed E-state index contributed by atoms with van der Waals surface area (Å²) in [6.45, 7) is 2.36. The highest BCUT2D eigenvalue weighted by atomic mass is 16.5. The third-order valence-corrected chi connectivity index (χ3v) is 5.88. The minimum absolute atomic E-state index is 0.0462. The molecule has 0 bridgehead atoms. The Labute approximate surface area is 175 Å². The number of ketones is 1. The second kappa shape index (κ2) is 8.82. The Morgan fingerprint density at radius 3 is 2.80 bits per heavy atom. The van der Waals surface area contributed by atoms with Crippen molar-refractivity contribution in [2.45, 2.75) is 57.1 Å². The van der Waals surface area contributed by atoms with Crippen molar-refractivity contribution in [1.82, 2.24) is 4.98 Å². The van der Waals surface area contributed by atoms with E-state index in [-0.39, 0.29) is 29.1 Å². The third kappa shape index (κ3) is 3.76. The van der Waals surface area contributed by atoms with Gasteiger partial charge in [-0.05, 0) is 56.4 Å². The van der Waals surface area contributed by atoms with E-state index in [4.69, 9.17) is 9.47 Å². The predicted octanol–water partition coefficient (Wildman–Crippen LogP) is 3.08. The number of benzene rings is 1. The molecule has 4 rings (SSSR count). The van der Waals surface area contributed by atoms with Gasteiger partial charge in [0.05, 0.1) is 24.7 Å². The summed E-state index contributed by atoms with van der Waals surface area (Å²) in [7, 11) is 0. The summed E-state index contributed by atoms with van der Waals surface area (Å²) in [6, 6.07) is 9.95. The summed E-state index contributed by atoms with van der Waals surface area (Å²) < 4.78 is 11.9. The van der Waals surface area contributed by atoms with Gasteiger partial charge >= 0.3 is 0 Å². The van der Waals surface area contributed by atoms with Crippen LogP contribution in [-0.2, 0) is 0 Å². The highest BCUT2D eigenvalue weighted by Gasteiger charge is 2.45. The molecule has 156 valence electrons. The van der Waals surface area contributed by atoms with E-state index in [9.17, 15) is 15.3 Å². The smallest absolute Gasteiger partial charge is 0.245 e. The topological polar surface area (TPSA) is 99.7 Å². The standard InChI is InChI=1S/C23H25N3O4/c1-2-29-20-14-15(9-10-19(20)30-16-6-3-4-7-16)17(11-12-24)22-23(27)21-18(26(22)28)8-5-13-25-21/h5,8-10,13-14,16-17,22,26H,2-4,6-7,11H2,1H3. The van der Waals surface area contributed by atoms with Crippen molar-refractivity contribution in [3.05, 3.63) is 53.0 Å². The number of pyridine rings is 1. The van der Waals surface area contributed by atoms with Crippen molar-refractivity contribution in [3.63, 3.8) is 0 Å². The van der Waals surface area contributed by atoms with Gasteiger partial charge in [0, 0.05) is 18.7 Å². The second-order valence-electron chi connectivity index (χ2n) is 7.74. The number of carbonyl (C=O) groups excluding carboxylic acids is 1. The Balaban J connectivity index is 1.66. The minimum atomic E-state index is -0.939. The van der Waals surface area contributed by atoms with E-state index in [1.165, 1.54) is 6.20 Å². The molecule has 0 amide bonds. The number of quaternary nitrogens is 1. The third-order valence-electron chi connectivity index (χ3n) is 5.88. The number of rotatable bonds is 7. The van der Waals surface area contributed by atoms with Crippen LogP contribution < -0.4 is 14.5 Å². The molecule has 2 aromatic rings. The van der Waals surface area contributed by atoms with Gasteiger partial charge in [0.15, 0.2) is 28.9 Å². The van der Waals surface area contributed by atoms with Crippen LogP contribution in [0.25, 0.3) is 0 Å². The minimum Gasteiger partial charge on any atom is -0.628 e. The van der Waals surface area contributed by atoms with E-state index < -0.39 is 12.0 Å². The van der Waals surface area contributed by atoms with Gasteiger partial charge in [-0.25, -0.2) is 4.98 Å². The molecule has 0 saturated heterocycles. The van der Waals surface area contributed by atoms with E-state index in [2.05, 4.69) is 11.1 Å². The lowest BCUT2D eigenvalue weighted by Crippen LogP contribution is -3.06. The van der Waals surface area contributed by atoms with Crippen LogP contribution >= 0.6 is 0 Å². The highest BCUT2D eigenvalue weighted by molar-refractivity contribution is 6.03. The number of nitriles is 1. The fourth-order valence-corrected chi connectivity index (χ4v) is 4.43. The van der Waals surface area contributed by atoms with Gasteiger partial charge in [-0.2, -0.15) is 5.26 Å². The number of hydrogen-bond acceptors (Lipinski definition) is 6. The van der Waals surface area contributed by atoms with Crippen LogP contribution in [0.5, 0.6) is 11.5 Å². The lowest BCUT2D eigenvalue weighted by atomic mass is 9.87. The van der Waals surface area contributed by atoms with Crippen LogP contribution in [0, 0.1) is 16.5 Å². The van der Waals surface area contributed by atoms with Crippen molar-refractivity contribution < 1.29 is 19.3 Å². The number of hydrogen-bond donors (Lipinski definition) is 1. The first-order chi connectivity index (χ1) is 14.6. The average molecular weight is 407 g/mol. The van der Waals surface area contributed by atoms with Gasteiger partial charge in [-0.15, -0.1) is 0 Å². The fourth-order valence-electron chi connectivity index (χ4n) is 4.43. The quantitative estimate of drug-likeness (QED) is 0.708. The SMILES string of the molecule is CCOc1cc(C(CC#N)C2C(=O)c3ncccc3[NH+]2[O-])ccc1OC1CCCC1. The lowest BCUT2D eigenvalue weighted by molar-refractivity contribution is -0.792. The molecule has 1 aromatic carbocycles. The molecule has 1 N–H and O–H groups in total. The van der Waals surface area contributed by atoms with Crippen LogP contribution in [0.4, 0.5) is 5.69 Å². The number of ether oxygens (including phenoxy) is 2. The molecule has 0 spiro atoms. The molecular weight excluding hydrogens is 382 g/mol. The molecule has 0 radical (unpaired) electrons. The van der Waals surface area contributed by atoms with Crippen molar-refractivity contribution >= 4 is 11.5 Å². The molecule has 1 aliphatic carbocycles. The molecule has 3 atom stereocenters. The van der Waals surface area contributed by atoms with Gasteiger partial charge in [0.1, 0.15) is 0 Å². The van der Waals surface area contributed by atoms with Crippen molar-refractivity contribution in [3.8, 4) is 17.6 Å². The van der Waals surface area contributed by atoms with Crippen molar-refractivity contribution in [1.29, 1.82) is 5.26 Å². The Bertz CT molecular complexity index is 965. The summed E-state index contributed by atoms with van der Waals surface area (Å²) in [4.78, 5) is 17.1. The number of nitrogens with one attached hydrogen (secondary N) is 1. The maximum atomic E-state index is 13.0. The Morgan fingerprint density at radius 1 is 1.30 bits per heavy atom. The van der Waals surface area contributed by atoms with Crippen LogP contribution in [0.15, 0.2) is 36.5 Å². The van der Waals surface area contributed by atoms with E-state index in [1.54, 1.807) is 12.1 Å². The van der Waals surface area contributed by atoms with Gasteiger partial charge in [-0.1, -0.05) is 6.07 Å². The number of hydroxylamine groups is 1. The summed E-state index contributed by atoms with van der Waals surface area (Å²) in [5.41, 5.74) is 1.25. The Morgan fingerprint density at radius 2 is 2.10 bits per heavy atom. The van der Waals surface area contributed by atoms with Crippen LogP contribution in [0.1, 0.15) is 61.0 Å². The van der Waals surface area contributed by atoms with E-state index in [0.29, 0.717) is 23.8 Å². The maximum absolute atomic E-state index is 13.0. The largest absolute Gasteiger partial charge is 0.628 e. The van der Waals surface area contributed by atoms with Gasteiger partial charge in [0.2, 0.25) is 5.78 Å². The molecule has 1 fully saturated rings. The van der Waals surface area contributed by atoms with E-state index in [0.717, 1.165) is 31.2 Å². The molecule has 1 aromatic heterocycles. The predicted molar refractivity (Wildman–Crippen MR) is 110 cm³/mol. The van der Waals surface area contributed by atoms with Gasteiger partial charge in [-0.3, -0.25) is 4.79 Å². The first-order valence-corrected chi connectivity index (χ1v) is 10.5. The normalized spacial score (nSPS) is 21.8. The molecule has 30 heavy (non-hydrogen) atoms. The highest BCUT2D eigenvalue weighted by Crippen LogP contribution is 2.37. The first-order valence-electron chi connectivity index (χ1n) is 10.5. The number of aromatic nitrogens is 1. The van der Waals surface area contributed by atoms with E-state index >= 15 is 0 Å². The van der Waals surface area contributed by atoms with Crippen molar-refractivity contribution in [2.24, 2.45) is 0 Å². The first kappa shape index (κ1) is 20.3. The molecule has 7 heteroatoms. The summed E-state index contributed by atoms with van der Waals surface area (Å²) in [6.07, 6.45) is 6.12. The zero-order valence-corrected chi connectivity index (χ0v) is 17.0. The van der Waals surface area contributed by atoms with Crippen LogP contribution in [-0.4, -0.2) is 29.5 Å². The van der Waals surface area contributed by atoms with Crippen molar-refractivity contribution in [2.75, 3.05) is 6.61 Å². The Kier molecular flexibility index (Phi) is 5.98. The summed E-state index contributed by atoms with van der Waals surface area (Å²) >= 11 is 0. The maximum Gasteiger partial charge on any atom is 0.245 e. The monoisotopic (exact) mass is 407 g/mol. The Hall–Kier alpha value is -2.95. The molecule has 2 heterocycles. The second-order valence-corrected chi connectivity index (χ2v) is 7.74. The molecule has 1 saturated carbocycles. The van der Waals surface area contributed by atoms with Gasteiger partial charge in [0.25, 0.3) is 0 Å². The zero-order chi connectivity index (χ0) is 21.1. The lowest BCUT2D eigenvalue weighted by Gasteiger charge is -2.29. The summed E-state index contributed by atoms with van der Waals surface area (Å²) in [5.74, 6) is 0.361. The van der Waals surface area contributed by atoms with E-state index in [1.807, 2.05) is 25.1 Å². The molecular formula is C23H25N3O4. The average Bonchev–Trinajstić information content (AvgIpc) is 3.35. The molecule has 7 nitrogen and oxygen atoms in total. The van der Waals surface area contributed by atoms with Gasteiger partial charge < -0.3 is 19.7 Å². The van der Waals surface area contributed by atoms with Crippen LogP contribution in [0.3, 0.4) is 0 Å². The fraction of sp³-hybridized carbons (Fsp3) is 0.435. The number of carbonyl (C=O) groups is 1. The molecule has 1 aliphatic heterocycles. The molecule has 3 unspecified atom stereocenters. The summed E-state index contributed by atoms with van der Waals surface area (Å²) in [5, 5.41) is 22.1. The molecule has 2 aliphatic rings. The number of nitrogens with zero attached hydrogens (tertiary/aromatic N) is 2. The van der Waals surface area contributed by atoms with Crippen LogP contribution in [0.2, 0.25) is 0 Å². The number of Topliss-reactive ketones (excluding diaryl/α,β-unsaturated/α-hetero) is 1.